The summed E-state index contributed by atoms with van der Waals surface area (Å²) in [5.41, 5.74) is 2.32. The van der Waals surface area contributed by atoms with Gasteiger partial charge in [0.2, 0.25) is 0 Å². The monoisotopic (exact) mass is 229 g/mol. The third kappa shape index (κ3) is 1.24. The molecule has 0 saturated carbocycles. The molecule has 2 aromatic rings. The fraction of sp³-hybridized carbons (Fsp3) is 0.429. The molecule has 2 aliphatic heterocycles. The highest BCUT2D eigenvalue weighted by Gasteiger charge is 2.43. The summed E-state index contributed by atoms with van der Waals surface area (Å²) in [6, 6.07) is 8.32. The smallest absolute Gasteiger partial charge is 0.134 e. The van der Waals surface area contributed by atoms with Gasteiger partial charge in [0, 0.05) is 24.1 Å². The molecular weight excluding hydrogens is 214 g/mol. The van der Waals surface area contributed by atoms with Crippen molar-refractivity contribution < 1.29 is 9.15 Å². The largest absolute Gasteiger partial charge is 0.459 e. The molecule has 1 spiro atoms. The Kier molecular flexibility index (Phi) is 1.90. The predicted molar refractivity (Wildman–Crippen MR) is 65.0 cm³/mol. The van der Waals surface area contributed by atoms with Crippen LogP contribution >= 0.6 is 0 Å². The Morgan fingerprint density at radius 2 is 2.18 bits per heavy atom. The van der Waals surface area contributed by atoms with E-state index in [1.54, 1.807) is 0 Å². The number of hydrogen-bond donors (Lipinski definition) is 1. The lowest BCUT2D eigenvalue weighted by Crippen LogP contribution is -2.47. The summed E-state index contributed by atoms with van der Waals surface area (Å²) in [5, 5.41) is 4.87. The maximum atomic E-state index is 6.09. The summed E-state index contributed by atoms with van der Waals surface area (Å²) in [6.45, 7) is 2.57. The van der Waals surface area contributed by atoms with Crippen molar-refractivity contribution in [1.29, 1.82) is 0 Å². The van der Waals surface area contributed by atoms with E-state index < -0.39 is 0 Å². The van der Waals surface area contributed by atoms with E-state index in [9.17, 15) is 0 Å². The number of nitrogens with one attached hydrogen (secondary N) is 1. The van der Waals surface area contributed by atoms with Crippen LogP contribution in [-0.2, 0) is 16.7 Å². The van der Waals surface area contributed by atoms with Gasteiger partial charge in [-0.15, -0.1) is 0 Å². The van der Waals surface area contributed by atoms with E-state index in [1.807, 2.05) is 6.07 Å². The molecule has 4 rings (SSSR count). The second kappa shape index (κ2) is 3.34. The number of rotatable bonds is 0. The van der Waals surface area contributed by atoms with E-state index in [0.717, 1.165) is 43.9 Å². The number of ether oxygens (including phenoxy) is 1. The third-order valence-electron chi connectivity index (χ3n) is 3.99. The number of furan rings is 1. The number of fused-ring (bicyclic) bond motifs is 4. The summed E-state index contributed by atoms with van der Waals surface area (Å²) in [6.07, 6.45) is 2.06. The molecule has 2 aliphatic rings. The first-order valence-corrected chi connectivity index (χ1v) is 6.23. The van der Waals surface area contributed by atoms with Crippen LogP contribution in [-0.4, -0.2) is 19.8 Å². The molecule has 1 atom stereocenters. The Morgan fingerprint density at radius 1 is 1.24 bits per heavy atom. The highest BCUT2D eigenvalue weighted by Crippen LogP contribution is 2.40. The molecule has 1 unspecified atom stereocenters. The van der Waals surface area contributed by atoms with Gasteiger partial charge in [-0.2, -0.15) is 0 Å². The first kappa shape index (κ1) is 9.68. The zero-order valence-corrected chi connectivity index (χ0v) is 9.66. The Labute approximate surface area is 99.7 Å². The molecule has 1 N–H and O–H groups in total. The van der Waals surface area contributed by atoms with E-state index >= 15 is 0 Å². The van der Waals surface area contributed by atoms with Crippen molar-refractivity contribution in [3.63, 3.8) is 0 Å². The van der Waals surface area contributed by atoms with E-state index in [2.05, 4.69) is 23.5 Å². The van der Waals surface area contributed by atoms with E-state index in [-0.39, 0.29) is 5.54 Å². The molecule has 88 valence electrons. The summed E-state index contributed by atoms with van der Waals surface area (Å²) >= 11 is 0. The molecule has 1 aromatic carbocycles. The van der Waals surface area contributed by atoms with Gasteiger partial charge >= 0.3 is 0 Å². The zero-order valence-electron chi connectivity index (χ0n) is 9.66. The average Bonchev–Trinajstić information content (AvgIpc) is 2.96. The maximum Gasteiger partial charge on any atom is 0.134 e. The SMILES string of the molecule is c1ccc2c3c(oc2c1)C1(CCOC1)NCC3. The van der Waals surface area contributed by atoms with E-state index in [0.29, 0.717) is 0 Å². The number of para-hydroxylation sites is 1. The molecule has 0 aliphatic carbocycles. The van der Waals surface area contributed by atoms with Crippen molar-refractivity contribution in [1.82, 2.24) is 5.32 Å². The van der Waals surface area contributed by atoms with Crippen LogP contribution in [0.1, 0.15) is 17.7 Å². The van der Waals surface area contributed by atoms with Gasteiger partial charge < -0.3 is 14.5 Å². The topological polar surface area (TPSA) is 34.4 Å². The minimum absolute atomic E-state index is 0.0629. The van der Waals surface area contributed by atoms with Crippen molar-refractivity contribution >= 4 is 11.0 Å². The molecule has 0 amide bonds. The predicted octanol–water partition coefficient (Wildman–Crippen LogP) is 2.19. The van der Waals surface area contributed by atoms with Gasteiger partial charge in [0.25, 0.3) is 0 Å². The molecule has 1 saturated heterocycles. The molecular formula is C14H15NO2. The van der Waals surface area contributed by atoms with Crippen LogP contribution in [0.2, 0.25) is 0 Å². The van der Waals surface area contributed by atoms with Crippen LogP contribution < -0.4 is 5.32 Å². The van der Waals surface area contributed by atoms with Gasteiger partial charge in [-0.25, -0.2) is 0 Å². The van der Waals surface area contributed by atoms with Crippen molar-refractivity contribution in [2.45, 2.75) is 18.4 Å². The van der Waals surface area contributed by atoms with Crippen LogP contribution in [0.4, 0.5) is 0 Å². The molecule has 1 fully saturated rings. The van der Waals surface area contributed by atoms with Crippen LogP contribution in [0.25, 0.3) is 11.0 Å². The van der Waals surface area contributed by atoms with Gasteiger partial charge in [0.15, 0.2) is 0 Å². The minimum atomic E-state index is -0.0629. The van der Waals surface area contributed by atoms with E-state index in [4.69, 9.17) is 9.15 Å². The Balaban J connectivity index is 1.99. The van der Waals surface area contributed by atoms with Crippen LogP contribution in [0.5, 0.6) is 0 Å². The lowest BCUT2D eigenvalue weighted by Gasteiger charge is -2.31. The first-order chi connectivity index (χ1) is 8.39. The summed E-state index contributed by atoms with van der Waals surface area (Å²) in [7, 11) is 0. The molecule has 0 bridgehead atoms. The van der Waals surface area contributed by atoms with Gasteiger partial charge in [0.1, 0.15) is 16.9 Å². The quantitative estimate of drug-likeness (QED) is 0.752. The van der Waals surface area contributed by atoms with Crippen molar-refractivity contribution in [3.05, 3.63) is 35.6 Å². The lowest BCUT2D eigenvalue weighted by atomic mass is 9.87. The highest BCUT2D eigenvalue weighted by molar-refractivity contribution is 5.83. The lowest BCUT2D eigenvalue weighted by molar-refractivity contribution is 0.153. The first-order valence-electron chi connectivity index (χ1n) is 6.23. The average molecular weight is 229 g/mol. The number of benzene rings is 1. The van der Waals surface area contributed by atoms with Crippen molar-refractivity contribution in [3.8, 4) is 0 Å². The van der Waals surface area contributed by atoms with Crippen LogP contribution in [0.15, 0.2) is 28.7 Å². The van der Waals surface area contributed by atoms with Gasteiger partial charge in [-0.3, -0.25) is 0 Å². The fourth-order valence-electron chi connectivity index (χ4n) is 3.12. The highest BCUT2D eigenvalue weighted by atomic mass is 16.5. The summed E-state index contributed by atoms with van der Waals surface area (Å²) < 4.78 is 11.7. The molecule has 3 nitrogen and oxygen atoms in total. The van der Waals surface area contributed by atoms with Crippen LogP contribution in [0.3, 0.4) is 0 Å². The van der Waals surface area contributed by atoms with Crippen molar-refractivity contribution in [2.24, 2.45) is 0 Å². The molecule has 3 heteroatoms. The number of hydrogen-bond acceptors (Lipinski definition) is 3. The van der Waals surface area contributed by atoms with Gasteiger partial charge in [0.05, 0.1) is 6.61 Å². The molecule has 0 radical (unpaired) electrons. The summed E-state index contributed by atoms with van der Waals surface area (Å²) in [4.78, 5) is 0. The third-order valence-corrected chi connectivity index (χ3v) is 3.99. The maximum absolute atomic E-state index is 6.09. The normalized spacial score (nSPS) is 27.8. The Morgan fingerprint density at radius 3 is 3.06 bits per heavy atom. The second-order valence-corrected chi connectivity index (χ2v) is 4.97. The van der Waals surface area contributed by atoms with Crippen LogP contribution in [0, 0.1) is 0 Å². The minimum Gasteiger partial charge on any atom is -0.459 e. The summed E-state index contributed by atoms with van der Waals surface area (Å²) in [5.74, 6) is 1.11. The van der Waals surface area contributed by atoms with Crippen molar-refractivity contribution in [2.75, 3.05) is 19.8 Å². The fourth-order valence-corrected chi connectivity index (χ4v) is 3.12. The van der Waals surface area contributed by atoms with E-state index in [1.165, 1.54) is 10.9 Å². The second-order valence-electron chi connectivity index (χ2n) is 4.97. The molecule has 3 heterocycles. The Hall–Kier alpha value is -1.32. The standard InChI is InChI=1S/C14H15NO2/c1-2-4-12-10(3-1)11-5-7-15-14(13(11)17-12)6-8-16-9-14/h1-4,15H,5-9H2. The van der Waals surface area contributed by atoms with Gasteiger partial charge in [-0.1, -0.05) is 18.2 Å². The molecule has 17 heavy (non-hydrogen) atoms. The molecule has 1 aromatic heterocycles. The van der Waals surface area contributed by atoms with Gasteiger partial charge in [-0.05, 0) is 18.9 Å². The Bertz CT molecular complexity index is 567. The zero-order chi connectivity index (χ0) is 11.3.